The number of amides is 1. The number of hydrogen-bond acceptors (Lipinski definition) is 3. The van der Waals surface area contributed by atoms with Crippen LogP contribution in [-0.2, 0) is 7.05 Å². The lowest BCUT2D eigenvalue weighted by Gasteiger charge is -2.26. The Morgan fingerprint density at radius 1 is 1.39 bits per heavy atom. The molecule has 1 aliphatic heterocycles. The van der Waals surface area contributed by atoms with Gasteiger partial charge in [-0.15, -0.1) is 0 Å². The number of hydrogen-bond donors (Lipinski definition) is 1. The molecule has 122 valence electrons. The Kier molecular flexibility index (Phi) is 4.48. The van der Waals surface area contributed by atoms with Gasteiger partial charge in [-0.2, -0.15) is 5.10 Å². The highest BCUT2D eigenvalue weighted by atomic mass is 16.3. The molecule has 5 heteroatoms. The van der Waals surface area contributed by atoms with Crippen LogP contribution < -0.4 is 0 Å². The van der Waals surface area contributed by atoms with E-state index in [0.717, 1.165) is 30.6 Å². The fraction of sp³-hybridized carbons (Fsp3) is 0.444. The van der Waals surface area contributed by atoms with E-state index in [-0.39, 0.29) is 11.9 Å². The van der Waals surface area contributed by atoms with E-state index in [9.17, 15) is 9.90 Å². The van der Waals surface area contributed by atoms with Crippen LogP contribution in [-0.4, -0.2) is 38.3 Å². The number of aryl methyl sites for hydroxylation is 2. The Bertz CT molecular complexity index is 661. The third-order valence-corrected chi connectivity index (χ3v) is 4.65. The van der Waals surface area contributed by atoms with Crippen molar-refractivity contribution in [3.8, 4) is 0 Å². The van der Waals surface area contributed by atoms with E-state index in [0.29, 0.717) is 12.1 Å². The van der Waals surface area contributed by atoms with Crippen molar-refractivity contribution in [1.29, 1.82) is 0 Å². The van der Waals surface area contributed by atoms with E-state index in [1.54, 1.807) is 4.68 Å². The highest BCUT2D eigenvalue weighted by molar-refractivity contribution is 5.92. The maximum Gasteiger partial charge on any atom is 0.274 e. The summed E-state index contributed by atoms with van der Waals surface area (Å²) in [7, 11) is 1.84. The molecule has 0 spiro atoms. The average molecular weight is 313 g/mol. The van der Waals surface area contributed by atoms with E-state index >= 15 is 0 Å². The maximum atomic E-state index is 12.7. The second-order valence-corrected chi connectivity index (χ2v) is 6.25. The zero-order chi connectivity index (χ0) is 16.4. The van der Waals surface area contributed by atoms with E-state index < -0.39 is 6.10 Å². The van der Waals surface area contributed by atoms with Crippen LogP contribution in [0.3, 0.4) is 0 Å². The van der Waals surface area contributed by atoms with Crippen LogP contribution in [0.1, 0.15) is 47.1 Å². The summed E-state index contributed by atoms with van der Waals surface area (Å²) in [6, 6.07) is 11.5. The largest absolute Gasteiger partial charge is 0.388 e. The number of benzene rings is 1. The first-order valence-electron chi connectivity index (χ1n) is 8.11. The number of aliphatic hydroxyl groups excluding tert-OH is 1. The first kappa shape index (κ1) is 15.7. The molecule has 1 N–H and O–H groups in total. The number of rotatable bonds is 4. The van der Waals surface area contributed by atoms with Gasteiger partial charge in [-0.1, -0.05) is 30.3 Å². The van der Waals surface area contributed by atoms with Crippen LogP contribution in [0.2, 0.25) is 0 Å². The molecule has 2 unspecified atom stereocenters. The van der Waals surface area contributed by atoms with Crippen molar-refractivity contribution in [2.45, 2.75) is 38.3 Å². The fourth-order valence-corrected chi connectivity index (χ4v) is 3.23. The van der Waals surface area contributed by atoms with Crippen LogP contribution in [0.4, 0.5) is 0 Å². The van der Waals surface area contributed by atoms with Crippen LogP contribution in [0.25, 0.3) is 0 Å². The van der Waals surface area contributed by atoms with E-state index in [2.05, 4.69) is 5.10 Å². The predicted octanol–water partition coefficient (Wildman–Crippen LogP) is 2.46. The highest BCUT2D eigenvalue weighted by Crippen LogP contribution is 2.28. The zero-order valence-corrected chi connectivity index (χ0v) is 13.6. The summed E-state index contributed by atoms with van der Waals surface area (Å²) in [6.45, 7) is 2.67. The summed E-state index contributed by atoms with van der Waals surface area (Å²) < 4.78 is 1.72. The first-order valence-corrected chi connectivity index (χ1v) is 8.11. The smallest absolute Gasteiger partial charge is 0.274 e. The zero-order valence-electron chi connectivity index (χ0n) is 13.6. The summed E-state index contributed by atoms with van der Waals surface area (Å²) in [4.78, 5) is 14.6. The summed E-state index contributed by atoms with van der Waals surface area (Å²) in [5, 5.41) is 14.7. The lowest BCUT2D eigenvalue weighted by atomic mass is 10.0. The number of nitrogens with zero attached hydrogens (tertiary/aromatic N) is 3. The molecule has 1 aromatic carbocycles. The summed E-state index contributed by atoms with van der Waals surface area (Å²) >= 11 is 0. The SMILES string of the molecule is Cc1cc(C(=O)N2CCCC2CC(O)c2ccccc2)nn1C. The molecule has 2 atom stereocenters. The molecule has 0 aliphatic carbocycles. The lowest BCUT2D eigenvalue weighted by molar-refractivity contribution is 0.0660. The van der Waals surface area contributed by atoms with Gasteiger partial charge in [0.05, 0.1) is 6.10 Å². The van der Waals surface area contributed by atoms with Crippen molar-refractivity contribution in [1.82, 2.24) is 14.7 Å². The molecular weight excluding hydrogens is 290 g/mol. The van der Waals surface area contributed by atoms with Gasteiger partial charge >= 0.3 is 0 Å². The maximum absolute atomic E-state index is 12.7. The third kappa shape index (κ3) is 3.29. The number of aromatic nitrogens is 2. The van der Waals surface area contributed by atoms with Crippen molar-refractivity contribution < 1.29 is 9.90 Å². The van der Waals surface area contributed by atoms with Gasteiger partial charge in [-0.3, -0.25) is 9.48 Å². The molecule has 23 heavy (non-hydrogen) atoms. The van der Waals surface area contributed by atoms with E-state index in [4.69, 9.17) is 0 Å². The minimum absolute atomic E-state index is 0.0311. The molecular formula is C18H23N3O2. The van der Waals surface area contributed by atoms with Gasteiger partial charge in [-0.05, 0) is 37.8 Å². The van der Waals surface area contributed by atoms with Crippen molar-refractivity contribution in [3.05, 3.63) is 53.3 Å². The quantitative estimate of drug-likeness (QED) is 0.943. The third-order valence-electron chi connectivity index (χ3n) is 4.65. The Balaban J connectivity index is 1.71. The standard InChI is InChI=1S/C18H23N3O2/c1-13-11-16(19-20(13)2)18(23)21-10-6-9-15(21)12-17(22)14-7-4-3-5-8-14/h3-5,7-8,11,15,17,22H,6,9-10,12H2,1-2H3. The first-order chi connectivity index (χ1) is 11.1. The Hall–Kier alpha value is -2.14. The Labute approximate surface area is 136 Å². The number of carbonyl (C=O) groups excluding carboxylic acids is 1. The number of carbonyl (C=O) groups is 1. The van der Waals surface area contributed by atoms with Crippen LogP contribution in [0.15, 0.2) is 36.4 Å². The van der Waals surface area contributed by atoms with E-state index in [1.165, 1.54) is 0 Å². The number of aliphatic hydroxyl groups is 1. The minimum Gasteiger partial charge on any atom is -0.388 e. The van der Waals surface area contributed by atoms with Gasteiger partial charge in [0.25, 0.3) is 5.91 Å². The highest BCUT2D eigenvalue weighted by Gasteiger charge is 2.32. The molecule has 1 saturated heterocycles. The molecule has 1 aromatic heterocycles. The summed E-state index contributed by atoms with van der Waals surface area (Å²) in [6.07, 6.45) is 1.94. The van der Waals surface area contributed by atoms with Gasteiger partial charge in [0.1, 0.15) is 0 Å². The van der Waals surface area contributed by atoms with Crippen molar-refractivity contribution in [2.24, 2.45) is 7.05 Å². The Morgan fingerprint density at radius 3 is 2.78 bits per heavy atom. The molecule has 1 aliphatic rings. The van der Waals surface area contributed by atoms with Gasteiger partial charge in [-0.25, -0.2) is 0 Å². The van der Waals surface area contributed by atoms with Crippen LogP contribution >= 0.6 is 0 Å². The molecule has 2 heterocycles. The topological polar surface area (TPSA) is 58.4 Å². The van der Waals surface area contributed by atoms with Gasteiger partial charge in [0.15, 0.2) is 5.69 Å². The van der Waals surface area contributed by atoms with E-state index in [1.807, 2.05) is 55.3 Å². The average Bonchev–Trinajstić information content (AvgIpc) is 3.15. The van der Waals surface area contributed by atoms with Crippen LogP contribution in [0, 0.1) is 6.92 Å². The summed E-state index contributed by atoms with van der Waals surface area (Å²) in [5.41, 5.74) is 2.36. The molecule has 0 saturated carbocycles. The van der Waals surface area contributed by atoms with Crippen molar-refractivity contribution in [2.75, 3.05) is 6.54 Å². The molecule has 1 fully saturated rings. The predicted molar refractivity (Wildman–Crippen MR) is 88.0 cm³/mol. The van der Waals surface area contributed by atoms with Gasteiger partial charge in [0, 0.05) is 25.3 Å². The minimum atomic E-state index is -0.542. The second kappa shape index (κ2) is 6.54. The molecule has 0 radical (unpaired) electrons. The normalized spacial score (nSPS) is 19.1. The number of likely N-dealkylation sites (tertiary alicyclic amines) is 1. The molecule has 0 bridgehead atoms. The van der Waals surface area contributed by atoms with Gasteiger partial charge in [0.2, 0.25) is 0 Å². The van der Waals surface area contributed by atoms with Crippen molar-refractivity contribution in [3.63, 3.8) is 0 Å². The lowest BCUT2D eigenvalue weighted by Crippen LogP contribution is -2.36. The Morgan fingerprint density at radius 2 is 2.13 bits per heavy atom. The second-order valence-electron chi connectivity index (χ2n) is 6.25. The molecule has 2 aromatic rings. The van der Waals surface area contributed by atoms with Crippen LogP contribution in [0.5, 0.6) is 0 Å². The van der Waals surface area contributed by atoms with Crippen molar-refractivity contribution >= 4 is 5.91 Å². The molecule has 1 amide bonds. The monoisotopic (exact) mass is 313 g/mol. The van der Waals surface area contributed by atoms with Gasteiger partial charge < -0.3 is 10.0 Å². The summed E-state index contributed by atoms with van der Waals surface area (Å²) in [5.74, 6) is -0.0311. The molecule has 3 rings (SSSR count). The molecule has 5 nitrogen and oxygen atoms in total. The fourth-order valence-electron chi connectivity index (χ4n) is 3.23.